The Bertz CT molecular complexity index is 999. The molecule has 10 atom stereocenters. The lowest BCUT2D eigenvalue weighted by Crippen LogP contribution is -2.69. The molecule has 5 rings (SSSR count). The van der Waals surface area contributed by atoms with Crippen LogP contribution in [0.1, 0.15) is 99.8 Å². The molecule has 0 radical (unpaired) electrons. The van der Waals surface area contributed by atoms with Gasteiger partial charge in [-0.1, -0.05) is 47.1 Å². The minimum absolute atomic E-state index is 0.0115. The minimum Gasteiger partial charge on any atom is -0.481 e. The standard InChI is InChI=1S/C30H46O5/c1-25(2)20-8-11-29(6)23(28(20,5)10-9-21(25)32)19(31)14-17-18-15-27(4,24(34)35)13-12-26(18,3)16-22(33)30(17,29)7/h14,18,20-23,32-33H,8-13,15-16H2,1-7H3,(H,34,35)/t18-,20-,21-,22-,23+,26+,27-,28-,29+,30-/m0/s1. The molecule has 5 aliphatic carbocycles. The van der Waals surface area contributed by atoms with Gasteiger partial charge in [-0.25, -0.2) is 0 Å². The van der Waals surface area contributed by atoms with Gasteiger partial charge in [-0.15, -0.1) is 0 Å². The predicted molar refractivity (Wildman–Crippen MR) is 134 cm³/mol. The molecule has 5 aliphatic rings. The number of aliphatic carboxylic acids is 1. The van der Waals surface area contributed by atoms with Gasteiger partial charge in [-0.3, -0.25) is 9.59 Å². The second-order valence-electron chi connectivity index (χ2n) is 15.0. The number of hydrogen-bond acceptors (Lipinski definition) is 4. The Balaban J connectivity index is 1.66. The van der Waals surface area contributed by atoms with E-state index < -0.39 is 28.3 Å². The molecule has 0 unspecified atom stereocenters. The van der Waals surface area contributed by atoms with E-state index in [0.29, 0.717) is 25.7 Å². The van der Waals surface area contributed by atoms with Crippen molar-refractivity contribution >= 4 is 11.8 Å². The Hall–Kier alpha value is -1.20. The lowest BCUT2D eigenvalue weighted by atomic mass is 9.33. The third-order valence-corrected chi connectivity index (χ3v) is 13.1. The summed E-state index contributed by atoms with van der Waals surface area (Å²) in [6.45, 7) is 15.1. The van der Waals surface area contributed by atoms with E-state index in [4.69, 9.17) is 0 Å². The van der Waals surface area contributed by atoms with E-state index in [0.717, 1.165) is 31.3 Å². The summed E-state index contributed by atoms with van der Waals surface area (Å²) in [4.78, 5) is 26.5. The highest BCUT2D eigenvalue weighted by molar-refractivity contribution is 5.96. The molecule has 4 fully saturated rings. The van der Waals surface area contributed by atoms with E-state index >= 15 is 0 Å². The van der Waals surface area contributed by atoms with E-state index in [1.54, 1.807) is 0 Å². The minimum atomic E-state index is -0.803. The summed E-state index contributed by atoms with van der Waals surface area (Å²) in [5, 5.41) is 32.8. The quantitative estimate of drug-likeness (QED) is 0.462. The molecule has 4 saturated carbocycles. The number of allylic oxidation sites excluding steroid dienone is 1. The van der Waals surface area contributed by atoms with E-state index in [9.17, 15) is 24.9 Å². The van der Waals surface area contributed by atoms with Crippen LogP contribution in [-0.4, -0.2) is 39.3 Å². The van der Waals surface area contributed by atoms with Crippen molar-refractivity contribution in [3.8, 4) is 0 Å². The Morgan fingerprint density at radius 1 is 0.886 bits per heavy atom. The molecule has 0 aliphatic heterocycles. The number of carbonyl (C=O) groups excluding carboxylic acids is 1. The molecule has 3 N–H and O–H groups in total. The second kappa shape index (κ2) is 7.22. The first kappa shape index (κ1) is 25.4. The topological polar surface area (TPSA) is 94.8 Å². The molecule has 5 heteroatoms. The van der Waals surface area contributed by atoms with Crippen LogP contribution in [0, 0.1) is 50.2 Å². The van der Waals surface area contributed by atoms with Crippen LogP contribution in [0.25, 0.3) is 0 Å². The first-order valence-electron chi connectivity index (χ1n) is 13.8. The second-order valence-corrected chi connectivity index (χ2v) is 15.0. The van der Waals surface area contributed by atoms with Crippen LogP contribution in [-0.2, 0) is 9.59 Å². The van der Waals surface area contributed by atoms with Gasteiger partial charge < -0.3 is 15.3 Å². The SMILES string of the molecule is CC1(C)[C@@H](O)CC[C@]2(C)[C@H]3C(=O)C=C4[C@@H]5C[C@@](C)(C(=O)O)CC[C@]5(C)C[C@H](O)[C@@]4(C)[C@]3(C)CC[C@@H]12. The van der Waals surface area contributed by atoms with Gasteiger partial charge in [0.05, 0.1) is 17.6 Å². The Morgan fingerprint density at radius 3 is 2.17 bits per heavy atom. The molecule has 0 aromatic rings. The molecular weight excluding hydrogens is 440 g/mol. The molecule has 5 nitrogen and oxygen atoms in total. The lowest BCUT2D eigenvalue weighted by Gasteiger charge is -2.71. The van der Waals surface area contributed by atoms with Crippen LogP contribution in [0.3, 0.4) is 0 Å². The lowest BCUT2D eigenvalue weighted by molar-refractivity contribution is -0.219. The zero-order valence-electron chi connectivity index (χ0n) is 22.8. The summed E-state index contributed by atoms with van der Waals surface area (Å²) in [6.07, 6.45) is 6.79. The maximum absolute atomic E-state index is 14.2. The van der Waals surface area contributed by atoms with Crippen LogP contribution in [0.15, 0.2) is 11.6 Å². The van der Waals surface area contributed by atoms with E-state index in [1.807, 2.05) is 13.0 Å². The van der Waals surface area contributed by atoms with Crippen molar-refractivity contribution in [2.45, 2.75) is 112 Å². The number of rotatable bonds is 1. The van der Waals surface area contributed by atoms with Crippen molar-refractivity contribution in [3.05, 3.63) is 11.6 Å². The molecule has 196 valence electrons. The Kier molecular flexibility index (Phi) is 5.25. The third kappa shape index (κ3) is 2.94. The summed E-state index contributed by atoms with van der Waals surface area (Å²) in [7, 11) is 0. The number of aliphatic hydroxyl groups is 2. The molecule has 0 amide bonds. The van der Waals surface area contributed by atoms with Crippen LogP contribution in [0.2, 0.25) is 0 Å². The first-order chi connectivity index (χ1) is 16.0. The van der Waals surface area contributed by atoms with E-state index in [-0.39, 0.29) is 45.9 Å². The Morgan fingerprint density at radius 2 is 1.54 bits per heavy atom. The highest BCUT2D eigenvalue weighted by Crippen LogP contribution is 2.75. The smallest absolute Gasteiger partial charge is 0.309 e. The zero-order valence-corrected chi connectivity index (χ0v) is 22.8. The first-order valence-corrected chi connectivity index (χ1v) is 13.8. The van der Waals surface area contributed by atoms with Gasteiger partial charge in [0.25, 0.3) is 0 Å². The predicted octanol–water partition coefficient (Wildman–Crippen LogP) is 5.38. The number of carboxylic acid groups (broad SMARTS) is 1. The average Bonchev–Trinajstić information content (AvgIpc) is 2.74. The summed E-state index contributed by atoms with van der Waals surface area (Å²) >= 11 is 0. The number of hydrogen-bond donors (Lipinski definition) is 3. The van der Waals surface area contributed by atoms with Crippen molar-refractivity contribution in [1.29, 1.82) is 0 Å². The van der Waals surface area contributed by atoms with Crippen molar-refractivity contribution in [2.24, 2.45) is 50.2 Å². The largest absolute Gasteiger partial charge is 0.481 e. The van der Waals surface area contributed by atoms with Crippen molar-refractivity contribution in [2.75, 3.05) is 0 Å². The molecule has 0 heterocycles. The molecule has 35 heavy (non-hydrogen) atoms. The maximum Gasteiger partial charge on any atom is 0.309 e. The van der Waals surface area contributed by atoms with Gasteiger partial charge in [0.15, 0.2) is 5.78 Å². The van der Waals surface area contributed by atoms with Crippen LogP contribution < -0.4 is 0 Å². The number of fused-ring (bicyclic) bond motifs is 7. The van der Waals surface area contributed by atoms with E-state index in [1.165, 1.54) is 0 Å². The molecule has 0 bridgehead atoms. The highest BCUT2D eigenvalue weighted by atomic mass is 16.4. The molecular formula is C30H46O5. The van der Waals surface area contributed by atoms with Crippen molar-refractivity contribution in [1.82, 2.24) is 0 Å². The van der Waals surface area contributed by atoms with Crippen molar-refractivity contribution < 1.29 is 24.9 Å². The van der Waals surface area contributed by atoms with Crippen LogP contribution in [0.5, 0.6) is 0 Å². The van der Waals surface area contributed by atoms with Gasteiger partial charge in [-0.2, -0.15) is 0 Å². The summed E-state index contributed by atoms with van der Waals surface area (Å²) in [6, 6.07) is 0. The fourth-order valence-corrected chi connectivity index (χ4v) is 10.5. The number of carboxylic acids is 1. The van der Waals surface area contributed by atoms with Gasteiger partial charge >= 0.3 is 5.97 Å². The van der Waals surface area contributed by atoms with Gasteiger partial charge in [0.2, 0.25) is 0 Å². The number of aliphatic hydroxyl groups excluding tert-OH is 2. The number of carbonyl (C=O) groups is 2. The van der Waals surface area contributed by atoms with Crippen molar-refractivity contribution in [3.63, 3.8) is 0 Å². The summed E-state index contributed by atoms with van der Waals surface area (Å²) in [5.74, 6) is -0.561. The van der Waals surface area contributed by atoms with E-state index in [2.05, 4.69) is 41.5 Å². The van der Waals surface area contributed by atoms with Crippen LogP contribution >= 0.6 is 0 Å². The third-order valence-electron chi connectivity index (χ3n) is 13.1. The highest BCUT2D eigenvalue weighted by Gasteiger charge is 2.72. The van der Waals surface area contributed by atoms with Gasteiger partial charge in [0.1, 0.15) is 0 Å². The molecule has 0 spiro atoms. The fourth-order valence-electron chi connectivity index (χ4n) is 10.5. The monoisotopic (exact) mass is 486 g/mol. The maximum atomic E-state index is 14.2. The summed E-state index contributed by atoms with van der Waals surface area (Å²) in [5.41, 5.74) is -1.44. The van der Waals surface area contributed by atoms with Gasteiger partial charge in [0, 0.05) is 11.3 Å². The average molecular weight is 487 g/mol. The molecule has 0 aromatic carbocycles. The Labute approximate surface area is 210 Å². The van der Waals surface area contributed by atoms with Gasteiger partial charge in [-0.05, 0) is 97.9 Å². The van der Waals surface area contributed by atoms with Crippen LogP contribution in [0.4, 0.5) is 0 Å². The summed E-state index contributed by atoms with van der Waals surface area (Å²) < 4.78 is 0. The molecule has 0 saturated heterocycles. The normalized spacial score (nSPS) is 55.1. The fraction of sp³-hybridized carbons (Fsp3) is 0.867. The number of ketones is 1. The molecule has 0 aromatic heterocycles. The zero-order chi connectivity index (χ0) is 26.0.